The minimum atomic E-state index is -0.625. The summed E-state index contributed by atoms with van der Waals surface area (Å²) >= 11 is 1.26. The van der Waals surface area contributed by atoms with Crippen molar-refractivity contribution in [2.45, 2.75) is 33.7 Å². The number of nitrogens with zero attached hydrogens (tertiary/aromatic N) is 1. The first-order valence-electron chi connectivity index (χ1n) is 11.2. The van der Waals surface area contributed by atoms with E-state index in [-0.39, 0.29) is 18.3 Å². The lowest BCUT2D eigenvalue weighted by Crippen LogP contribution is -2.31. The Morgan fingerprint density at radius 1 is 1.03 bits per heavy atom. The second-order valence-electron chi connectivity index (χ2n) is 7.97. The first-order valence-corrected chi connectivity index (χ1v) is 12.2. The van der Waals surface area contributed by atoms with Gasteiger partial charge in [-0.3, -0.25) is 4.79 Å². The molecule has 35 heavy (non-hydrogen) atoms. The maximum atomic E-state index is 12.8. The summed E-state index contributed by atoms with van der Waals surface area (Å²) in [6, 6.07) is 10.6. The van der Waals surface area contributed by atoms with Gasteiger partial charge in [0.2, 0.25) is 5.91 Å². The van der Waals surface area contributed by atoms with Crippen molar-refractivity contribution in [2.24, 2.45) is 4.99 Å². The number of rotatable bonds is 8. The second-order valence-corrected chi connectivity index (χ2v) is 8.94. The van der Waals surface area contributed by atoms with Gasteiger partial charge in [-0.25, -0.2) is 9.79 Å². The number of allylic oxidation sites excluding steroid dienone is 1. The number of carbonyl (C=O) groups is 2. The quantitative estimate of drug-likeness (QED) is 0.517. The normalized spacial score (nSPS) is 15.1. The van der Waals surface area contributed by atoms with Crippen LogP contribution >= 0.6 is 11.8 Å². The number of hydrogen-bond acceptors (Lipinski definition) is 8. The number of ether oxygens (including phenoxy) is 3. The van der Waals surface area contributed by atoms with Crippen molar-refractivity contribution < 1.29 is 23.8 Å². The molecular weight excluding hydrogens is 466 g/mol. The molecule has 0 fully saturated rings. The average Bonchev–Trinajstić information content (AvgIpc) is 2.84. The number of nitrogens with one attached hydrogen (secondary N) is 2. The van der Waals surface area contributed by atoms with E-state index in [9.17, 15) is 9.59 Å². The van der Waals surface area contributed by atoms with Gasteiger partial charge in [-0.2, -0.15) is 0 Å². The highest BCUT2D eigenvalue weighted by molar-refractivity contribution is 8.14. The molecule has 0 saturated carbocycles. The van der Waals surface area contributed by atoms with Gasteiger partial charge in [-0.1, -0.05) is 23.9 Å². The number of aliphatic imine (C=N–C) groups is 1. The number of hydrogen-bond donors (Lipinski definition) is 2. The first kappa shape index (κ1) is 26.2. The Kier molecular flexibility index (Phi) is 8.81. The smallest absolute Gasteiger partial charge is 0.338 e. The van der Waals surface area contributed by atoms with Gasteiger partial charge in [0.15, 0.2) is 16.7 Å². The van der Waals surface area contributed by atoms with Gasteiger partial charge in [-0.15, -0.1) is 0 Å². The molecule has 186 valence electrons. The van der Waals surface area contributed by atoms with Crippen LogP contribution in [0.2, 0.25) is 0 Å². The van der Waals surface area contributed by atoms with E-state index >= 15 is 0 Å². The molecule has 0 saturated heterocycles. The van der Waals surface area contributed by atoms with Crippen molar-refractivity contribution in [3.8, 4) is 11.5 Å². The van der Waals surface area contributed by atoms with Crippen LogP contribution in [0.4, 0.5) is 5.69 Å². The van der Waals surface area contributed by atoms with Gasteiger partial charge in [0.25, 0.3) is 0 Å². The summed E-state index contributed by atoms with van der Waals surface area (Å²) in [5.74, 6) is 0.659. The topological polar surface area (TPSA) is 98.2 Å². The minimum Gasteiger partial charge on any atom is -0.493 e. The lowest BCUT2D eigenvalue weighted by molar-refractivity contribution is -0.139. The highest BCUT2D eigenvalue weighted by atomic mass is 32.2. The highest BCUT2D eigenvalue weighted by Crippen LogP contribution is 2.37. The number of amidine groups is 1. The Balaban J connectivity index is 1.82. The number of amides is 1. The Morgan fingerprint density at radius 3 is 2.43 bits per heavy atom. The van der Waals surface area contributed by atoms with Gasteiger partial charge in [-0.05, 0) is 68.7 Å². The van der Waals surface area contributed by atoms with E-state index in [0.717, 1.165) is 16.8 Å². The van der Waals surface area contributed by atoms with Crippen LogP contribution in [0.15, 0.2) is 52.7 Å². The Morgan fingerprint density at radius 2 is 1.77 bits per heavy atom. The van der Waals surface area contributed by atoms with Crippen molar-refractivity contribution in [3.63, 3.8) is 0 Å². The number of esters is 1. The third kappa shape index (κ3) is 6.36. The van der Waals surface area contributed by atoms with Crippen LogP contribution in [0.5, 0.6) is 11.5 Å². The van der Waals surface area contributed by atoms with Crippen LogP contribution in [0.3, 0.4) is 0 Å². The number of aryl methyl sites for hydroxylation is 2. The van der Waals surface area contributed by atoms with E-state index in [2.05, 4.69) is 10.6 Å². The van der Waals surface area contributed by atoms with Crippen LogP contribution in [0, 0.1) is 13.8 Å². The third-order valence-corrected chi connectivity index (χ3v) is 6.45. The molecular formula is C26H31N3O5S. The Bertz CT molecular complexity index is 1180. The van der Waals surface area contributed by atoms with Gasteiger partial charge in [0.05, 0.1) is 32.2 Å². The SMILES string of the molecule is CCOC(=O)C1=C(C)NC(SCC(=O)Nc2ccc(C)c(C)c2)=N[C@@H]1c1ccc(OC)c(OC)c1. The predicted octanol–water partition coefficient (Wildman–Crippen LogP) is 4.53. The van der Waals surface area contributed by atoms with Crippen molar-refractivity contribution in [1.29, 1.82) is 0 Å². The molecule has 8 nitrogen and oxygen atoms in total. The van der Waals surface area contributed by atoms with E-state index in [1.807, 2.05) is 38.1 Å². The maximum Gasteiger partial charge on any atom is 0.338 e. The van der Waals surface area contributed by atoms with E-state index in [1.165, 1.54) is 17.3 Å². The minimum absolute atomic E-state index is 0.150. The number of anilines is 1. The first-order chi connectivity index (χ1) is 16.8. The monoisotopic (exact) mass is 497 g/mol. The molecule has 0 aliphatic carbocycles. The molecule has 1 atom stereocenters. The summed E-state index contributed by atoms with van der Waals surface area (Å²) in [6.07, 6.45) is 0. The number of carbonyl (C=O) groups excluding carboxylic acids is 2. The van der Waals surface area contributed by atoms with Crippen LogP contribution < -0.4 is 20.1 Å². The fourth-order valence-corrected chi connectivity index (χ4v) is 4.35. The number of thioether (sulfide) groups is 1. The van der Waals surface area contributed by atoms with E-state index in [0.29, 0.717) is 27.9 Å². The summed E-state index contributed by atoms with van der Waals surface area (Å²) in [7, 11) is 3.11. The summed E-state index contributed by atoms with van der Waals surface area (Å²) in [5, 5.41) is 6.60. The van der Waals surface area contributed by atoms with Gasteiger partial charge >= 0.3 is 5.97 Å². The predicted molar refractivity (Wildman–Crippen MR) is 139 cm³/mol. The molecule has 3 rings (SSSR count). The summed E-state index contributed by atoms with van der Waals surface area (Å²) in [5.41, 5.74) is 4.79. The molecule has 0 aromatic heterocycles. The molecule has 0 bridgehead atoms. The zero-order valence-corrected chi connectivity index (χ0v) is 21.7. The van der Waals surface area contributed by atoms with Crippen molar-refractivity contribution in [1.82, 2.24) is 5.32 Å². The zero-order valence-electron chi connectivity index (χ0n) is 20.9. The Labute approximate surface area is 210 Å². The third-order valence-electron chi connectivity index (χ3n) is 5.57. The molecule has 1 aliphatic rings. The van der Waals surface area contributed by atoms with Gasteiger partial charge < -0.3 is 24.8 Å². The van der Waals surface area contributed by atoms with Crippen LogP contribution in [0.1, 0.15) is 36.6 Å². The molecule has 2 aromatic carbocycles. The second kappa shape index (κ2) is 11.8. The molecule has 1 aliphatic heterocycles. The van der Waals surface area contributed by atoms with E-state index < -0.39 is 12.0 Å². The fourth-order valence-electron chi connectivity index (χ4n) is 3.61. The molecule has 0 spiro atoms. The zero-order chi connectivity index (χ0) is 25.5. The lowest BCUT2D eigenvalue weighted by atomic mass is 9.96. The maximum absolute atomic E-state index is 12.8. The van der Waals surface area contributed by atoms with Gasteiger partial charge in [0.1, 0.15) is 6.04 Å². The lowest BCUT2D eigenvalue weighted by Gasteiger charge is -2.26. The molecule has 1 amide bonds. The summed E-state index contributed by atoms with van der Waals surface area (Å²) in [4.78, 5) is 30.1. The van der Waals surface area contributed by atoms with Crippen molar-refractivity contribution >= 4 is 34.5 Å². The van der Waals surface area contributed by atoms with Crippen molar-refractivity contribution in [2.75, 3.05) is 31.9 Å². The summed E-state index contributed by atoms with van der Waals surface area (Å²) < 4.78 is 16.1. The average molecular weight is 498 g/mol. The van der Waals surface area contributed by atoms with E-state index in [1.54, 1.807) is 40.2 Å². The van der Waals surface area contributed by atoms with Crippen LogP contribution in [-0.4, -0.2) is 43.6 Å². The van der Waals surface area contributed by atoms with Gasteiger partial charge in [0, 0.05) is 11.4 Å². The number of benzene rings is 2. The molecule has 1 heterocycles. The molecule has 9 heteroatoms. The molecule has 0 radical (unpaired) electrons. The largest absolute Gasteiger partial charge is 0.493 e. The number of methoxy groups -OCH3 is 2. The molecule has 0 unspecified atom stereocenters. The molecule has 2 N–H and O–H groups in total. The summed E-state index contributed by atoms with van der Waals surface area (Å²) in [6.45, 7) is 7.83. The standard InChI is InChI=1S/C26H31N3O5S/c1-7-34-25(31)23-17(4)27-26(29-24(23)18-9-11-20(32-5)21(13-18)33-6)35-14-22(30)28-19-10-8-15(2)16(3)12-19/h8-13,24H,7,14H2,1-6H3,(H,27,29)(H,28,30)/t24-/m1/s1. The Hall–Kier alpha value is -3.46. The van der Waals surface area contributed by atoms with E-state index in [4.69, 9.17) is 19.2 Å². The fraction of sp³-hybridized carbons (Fsp3) is 0.346. The molecule has 2 aromatic rings. The van der Waals surface area contributed by atoms with Crippen LogP contribution in [0.25, 0.3) is 0 Å². The van der Waals surface area contributed by atoms with Crippen molar-refractivity contribution in [3.05, 3.63) is 64.4 Å². The highest BCUT2D eigenvalue weighted by Gasteiger charge is 2.31. The van der Waals surface area contributed by atoms with Crippen LogP contribution in [-0.2, 0) is 14.3 Å².